The number of nitrogens with zero attached hydrogens (tertiary/aromatic N) is 5. The van der Waals surface area contributed by atoms with Crippen LogP contribution in [0.25, 0.3) is 11.2 Å². The van der Waals surface area contributed by atoms with Crippen molar-refractivity contribution < 1.29 is 0 Å². The molecule has 0 bridgehead atoms. The van der Waals surface area contributed by atoms with Crippen LogP contribution in [0.1, 0.15) is 20.3 Å². The van der Waals surface area contributed by atoms with Crippen LogP contribution in [0.2, 0.25) is 0 Å². The summed E-state index contributed by atoms with van der Waals surface area (Å²) in [6.45, 7) is 4.51. The normalized spacial score (nSPS) is 11.6. The smallest absolute Gasteiger partial charge is 0.165 e. The third-order valence-electron chi connectivity index (χ3n) is 2.71. The molecule has 0 atom stereocenters. The zero-order valence-corrected chi connectivity index (χ0v) is 9.88. The molecule has 17 heavy (non-hydrogen) atoms. The van der Waals surface area contributed by atoms with Crippen LogP contribution in [-0.4, -0.2) is 19.5 Å². The van der Waals surface area contributed by atoms with E-state index in [1.165, 1.54) is 6.33 Å². The Morgan fingerprint density at radius 1 is 1.41 bits per heavy atom. The van der Waals surface area contributed by atoms with Gasteiger partial charge in [-0.15, -0.1) is 0 Å². The van der Waals surface area contributed by atoms with E-state index in [9.17, 15) is 0 Å². The highest BCUT2D eigenvalue weighted by Gasteiger charge is 2.17. The van der Waals surface area contributed by atoms with Crippen molar-refractivity contribution in [1.29, 1.82) is 5.26 Å². The molecule has 2 heterocycles. The van der Waals surface area contributed by atoms with Gasteiger partial charge in [-0.25, -0.2) is 15.0 Å². The van der Waals surface area contributed by atoms with Gasteiger partial charge in [0, 0.05) is 6.54 Å². The van der Waals surface area contributed by atoms with E-state index in [4.69, 9.17) is 11.0 Å². The van der Waals surface area contributed by atoms with Crippen molar-refractivity contribution >= 4 is 17.0 Å². The Bertz CT molecular complexity index is 577. The maximum atomic E-state index is 8.96. The molecule has 0 aliphatic carbocycles. The number of nitrogens with two attached hydrogens (primary N) is 1. The molecular weight excluding hydrogens is 216 g/mol. The van der Waals surface area contributed by atoms with Crippen molar-refractivity contribution in [2.45, 2.75) is 26.8 Å². The summed E-state index contributed by atoms with van der Waals surface area (Å²) in [4.78, 5) is 12.2. The monoisotopic (exact) mass is 230 g/mol. The SMILES string of the molecule is CC(C)(C#N)CCn1cnc2c(N)ncnc21. The van der Waals surface area contributed by atoms with Gasteiger partial charge in [-0.1, -0.05) is 0 Å². The Morgan fingerprint density at radius 2 is 2.18 bits per heavy atom. The third-order valence-corrected chi connectivity index (χ3v) is 2.71. The highest BCUT2D eigenvalue weighted by Crippen LogP contribution is 2.21. The first-order valence-electron chi connectivity index (χ1n) is 5.36. The summed E-state index contributed by atoms with van der Waals surface area (Å²) in [6.07, 6.45) is 3.84. The number of hydrogen-bond donors (Lipinski definition) is 1. The second-order valence-electron chi connectivity index (χ2n) is 4.61. The Morgan fingerprint density at radius 3 is 2.88 bits per heavy atom. The van der Waals surface area contributed by atoms with Crippen molar-refractivity contribution in [3.63, 3.8) is 0 Å². The average Bonchev–Trinajstić information content (AvgIpc) is 2.71. The number of fused-ring (bicyclic) bond motifs is 1. The second-order valence-corrected chi connectivity index (χ2v) is 4.61. The van der Waals surface area contributed by atoms with E-state index in [0.717, 1.165) is 6.42 Å². The zero-order chi connectivity index (χ0) is 12.5. The number of rotatable bonds is 3. The van der Waals surface area contributed by atoms with Crippen LogP contribution < -0.4 is 5.73 Å². The molecule has 2 N–H and O–H groups in total. The molecule has 0 radical (unpaired) electrons. The summed E-state index contributed by atoms with van der Waals surface area (Å²) >= 11 is 0. The molecule has 0 saturated carbocycles. The first-order valence-corrected chi connectivity index (χ1v) is 5.36. The number of imidazole rings is 1. The van der Waals surface area contributed by atoms with E-state index in [1.807, 2.05) is 18.4 Å². The van der Waals surface area contributed by atoms with Gasteiger partial charge in [0.2, 0.25) is 0 Å². The molecule has 0 saturated heterocycles. The zero-order valence-electron chi connectivity index (χ0n) is 9.88. The maximum Gasteiger partial charge on any atom is 0.165 e. The first kappa shape index (κ1) is 11.3. The molecule has 0 amide bonds. The average molecular weight is 230 g/mol. The van der Waals surface area contributed by atoms with E-state index in [-0.39, 0.29) is 5.41 Å². The largest absolute Gasteiger partial charge is 0.382 e. The molecule has 0 aliphatic heterocycles. The summed E-state index contributed by atoms with van der Waals surface area (Å²) in [6, 6.07) is 2.27. The van der Waals surface area contributed by atoms with Crippen molar-refractivity contribution in [2.75, 3.05) is 5.73 Å². The fourth-order valence-electron chi connectivity index (χ4n) is 1.52. The first-order chi connectivity index (χ1) is 8.03. The second kappa shape index (κ2) is 4.01. The molecule has 2 aromatic rings. The topological polar surface area (TPSA) is 93.4 Å². The van der Waals surface area contributed by atoms with E-state index in [2.05, 4.69) is 21.0 Å². The number of anilines is 1. The molecule has 88 valence electrons. The molecule has 2 aromatic heterocycles. The molecule has 6 heteroatoms. The number of hydrogen-bond acceptors (Lipinski definition) is 5. The summed E-state index contributed by atoms with van der Waals surface area (Å²) in [7, 11) is 0. The molecule has 0 aromatic carbocycles. The number of nitriles is 1. The van der Waals surface area contributed by atoms with E-state index in [0.29, 0.717) is 23.5 Å². The highest BCUT2D eigenvalue weighted by molar-refractivity contribution is 5.80. The van der Waals surface area contributed by atoms with E-state index in [1.54, 1.807) is 6.33 Å². The van der Waals surface area contributed by atoms with E-state index < -0.39 is 0 Å². The number of aromatic nitrogens is 4. The summed E-state index contributed by atoms with van der Waals surface area (Å²) in [5.74, 6) is 0.383. The van der Waals surface area contributed by atoms with Gasteiger partial charge in [0.05, 0.1) is 17.8 Å². The Labute approximate surface area is 99.1 Å². The lowest BCUT2D eigenvalue weighted by Gasteiger charge is -2.14. The van der Waals surface area contributed by atoms with Crippen molar-refractivity contribution in [2.24, 2.45) is 5.41 Å². The predicted molar refractivity (Wildman–Crippen MR) is 63.7 cm³/mol. The lowest BCUT2D eigenvalue weighted by Crippen LogP contribution is -2.12. The lowest BCUT2D eigenvalue weighted by molar-refractivity contribution is 0.416. The van der Waals surface area contributed by atoms with Crippen LogP contribution in [0, 0.1) is 16.7 Å². The Kier molecular flexibility index (Phi) is 2.68. The van der Waals surface area contributed by atoms with Crippen LogP contribution in [-0.2, 0) is 6.54 Å². The number of nitrogen functional groups attached to an aromatic ring is 1. The highest BCUT2D eigenvalue weighted by atomic mass is 15.1. The van der Waals surface area contributed by atoms with E-state index >= 15 is 0 Å². The lowest BCUT2D eigenvalue weighted by atomic mass is 9.91. The van der Waals surface area contributed by atoms with Gasteiger partial charge in [0.1, 0.15) is 11.8 Å². The van der Waals surface area contributed by atoms with Gasteiger partial charge < -0.3 is 10.3 Å². The van der Waals surface area contributed by atoms with Crippen LogP contribution in [0.4, 0.5) is 5.82 Å². The van der Waals surface area contributed by atoms with Crippen LogP contribution >= 0.6 is 0 Å². The molecular formula is C11H14N6. The van der Waals surface area contributed by atoms with Gasteiger partial charge in [0.15, 0.2) is 11.5 Å². The minimum Gasteiger partial charge on any atom is -0.382 e. The molecule has 0 unspecified atom stereocenters. The molecule has 0 spiro atoms. The van der Waals surface area contributed by atoms with Crippen LogP contribution in [0.15, 0.2) is 12.7 Å². The Hall–Kier alpha value is -2.16. The van der Waals surface area contributed by atoms with Gasteiger partial charge in [0.25, 0.3) is 0 Å². The molecule has 2 rings (SSSR count). The van der Waals surface area contributed by atoms with Gasteiger partial charge >= 0.3 is 0 Å². The quantitative estimate of drug-likeness (QED) is 0.858. The van der Waals surface area contributed by atoms with Gasteiger partial charge in [-0.05, 0) is 20.3 Å². The fourth-order valence-corrected chi connectivity index (χ4v) is 1.52. The summed E-state index contributed by atoms with van der Waals surface area (Å²) in [5.41, 5.74) is 6.67. The maximum absolute atomic E-state index is 8.96. The van der Waals surface area contributed by atoms with Crippen molar-refractivity contribution in [3.05, 3.63) is 12.7 Å². The molecule has 0 aliphatic rings. The van der Waals surface area contributed by atoms with Crippen molar-refractivity contribution in [3.8, 4) is 6.07 Å². The summed E-state index contributed by atoms with van der Waals surface area (Å²) in [5, 5.41) is 8.96. The molecule has 6 nitrogen and oxygen atoms in total. The Balaban J connectivity index is 2.27. The molecule has 0 fully saturated rings. The fraction of sp³-hybridized carbons (Fsp3) is 0.455. The minimum absolute atomic E-state index is 0.352. The third kappa shape index (κ3) is 2.18. The van der Waals surface area contributed by atoms with Crippen molar-refractivity contribution in [1.82, 2.24) is 19.5 Å². The summed E-state index contributed by atoms with van der Waals surface area (Å²) < 4.78 is 1.90. The number of aryl methyl sites for hydroxylation is 1. The van der Waals surface area contributed by atoms with Crippen LogP contribution in [0.5, 0.6) is 0 Å². The van der Waals surface area contributed by atoms with Gasteiger partial charge in [-0.2, -0.15) is 5.26 Å². The van der Waals surface area contributed by atoms with Gasteiger partial charge in [-0.3, -0.25) is 0 Å². The minimum atomic E-state index is -0.352. The standard InChI is InChI=1S/C11H14N6/c1-11(2,5-12)3-4-17-7-16-8-9(13)14-6-15-10(8)17/h6-7H,3-4H2,1-2H3,(H2,13,14,15). The predicted octanol–water partition coefficient (Wildman–Crippen LogP) is 1.35. The van der Waals surface area contributed by atoms with Crippen LogP contribution in [0.3, 0.4) is 0 Å².